The molecule has 0 saturated carbocycles. The van der Waals surface area contributed by atoms with E-state index in [0.29, 0.717) is 18.0 Å². The van der Waals surface area contributed by atoms with Gasteiger partial charge in [-0.15, -0.1) is 0 Å². The number of alkyl halides is 3. The Morgan fingerprint density at radius 1 is 1.50 bits per heavy atom. The molecular weight excluding hydrogens is 315 g/mol. The predicted octanol–water partition coefficient (Wildman–Crippen LogP) is 3.49. The van der Waals surface area contributed by atoms with Gasteiger partial charge in [-0.2, -0.15) is 30.0 Å². The number of thioether (sulfide) groups is 1. The monoisotopic (exact) mass is 329 g/mol. The van der Waals surface area contributed by atoms with Crippen molar-refractivity contribution in [2.75, 3.05) is 23.0 Å². The molecule has 1 amide bonds. The molecule has 0 fully saturated rings. The summed E-state index contributed by atoms with van der Waals surface area (Å²) in [6.45, 7) is 2.21. The van der Waals surface area contributed by atoms with E-state index in [9.17, 15) is 18.0 Å². The van der Waals surface area contributed by atoms with Gasteiger partial charge < -0.3 is 4.90 Å². The third kappa shape index (κ3) is 5.62. The van der Waals surface area contributed by atoms with Crippen LogP contribution in [0.5, 0.6) is 0 Å². The zero-order valence-corrected chi connectivity index (χ0v) is 12.4. The van der Waals surface area contributed by atoms with Gasteiger partial charge in [0.25, 0.3) is 0 Å². The number of hydrogen-bond acceptors (Lipinski definition) is 3. The summed E-state index contributed by atoms with van der Waals surface area (Å²) < 4.78 is 35.8. The van der Waals surface area contributed by atoms with Crippen LogP contribution in [0.4, 0.5) is 18.9 Å². The molecule has 1 rings (SSSR count). The standard InChI is InChI=1S/C11H15ClF3N3OS/c1-2-18(8-7-16-17-10(8)12)9(19)3-5-20-6-4-11(13,14)15/h7H,2-6H2,1H3,(H,16,17). The Kier molecular flexibility index (Phi) is 6.67. The number of aromatic nitrogens is 2. The van der Waals surface area contributed by atoms with Crippen LogP contribution >= 0.6 is 23.4 Å². The molecular formula is C11H15ClF3N3OS. The van der Waals surface area contributed by atoms with Crippen molar-refractivity contribution in [2.45, 2.75) is 25.9 Å². The molecule has 1 aromatic rings. The molecule has 20 heavy (non-hydrogen) atoms. The summed E-state index contributed by atoms with van der Waals surface area (Å²) in [6.07, 6.45) is -3.37. The maximum absolute atomic E-state index is 12.0. The van der Waals surface area contributed by atoms with Crippen molar-refractivity contribution in [2.24, 2.45) is 0 Å². The van der Waals surface area contributed by atoms with Gasteiger partial charge in [-0.3, -0.25) is 9.89 Å². The summed E-state index contributed by atoms with van der Waals surface area (Å²) in [7, 11) is 0. The van der Waals surface area contributed by atoms with Crippen molar-refractivity contribution in [3.8, 4) is 0 Å². The number of hydrogen-bond donors (Lipinski definition) is 1. The molecule has 0 unspecified atom stereocenters. The van der Waals surface area contributed by atoms with Crippen LogP contribution in [0, 0.1) is 0 Å². The largest absolute Gasteiger partial charge is 0.389 e. The molecule has 0 aliphatic carbocycles. The van der Waals surface area contributed by atoms with Gasteiger partial charge in [0.2, 0.25) is 5.91 Å². The van der Waals surface area contributed by atoms with Gasteiger partial charge in [0.1, 0.15) is 10.8 Å². The molecule has 0 saturated heterocycles. The van der Waals surface area contributed by atoms with Gasteiger partial charge in [0, 0.05) is 24.5 Å². The number of aromatic amines is 1. The molecule has 0 aliphatic rings. The molecule has 0 atom stereocenters. The van der Waals surface area contributed by atoms with Crippen molar-refractivity contribution in [1.29, 1.82) is 0 Å². The first-order valence-corrected chi connectivity index (χ1v) is 7.52. The van der Waals surface area contributed by atoms with E-state index in [4.69, 9.17) is 11.6 Å². The van der Waals surface area contributed by atoms with Crippen LogP contribution in [0.2, 0.25) is 5.15 Å². The summed E-state index contributed by atoms with van der Waals surface area (Å²) >= 11 is 6.96. The van der Waals surface area contributed by atoms with Crippen molar-refractivity contribution >= 4 is 35.0 Å². The number of H-pyrrole nitrogens is 1. The normalized spacial score (nSPS) is 11.7. The third-order valence-corrected chi connectivity index (χ3v) is 3.74. The number of anilines is 1. The Hall–Kier alpha value is -0.890. The number of carbonyl (C=O) groups excluding carboxylic acids is 1. The van der Waals surface area contributed by atoms with Gasteiger partial charge in [-0.05, 0) is 6.92 Å². The predicted molar refractivity (Wildman–Crippen MR) is 74.2 cm³/mol. The van der Waals surface area contributed by atoms with E-state index in [1.807, 2.05) is 0 Å². The Balaban J connectivity index is 2.36. The molecule has 9 heteroatoms. The van der Waals surface area contributed by atoms with E-state index in [1.54, 1.807) is 6.92 Å². The highest BCUT2D eigenvalue weighted by Crippen LogP contribution is 2.24. The maximum Gasteiger partial charge on any atom is 0.389 e. The van der Waals surface area contributed by atoms with E-state index in [2.05, 4.69) is 10.2 Å². The van der Waals surface area contributed by atoms with Crippen molar-refractivity contribution < 1.29 is 18.0 Å². The minimum atomic E-state index is -4.14. The summed E-state index contributed by atoms with van der Waals surface area (Å²) in [5.74, 6) is 0.131. The number of nitrogens with one attached hydrogen (secondary N) is 1. The molecule has 0 radical (unpaired) electrons. The van der Waals surface area contributed by atoms with Crippen LogP contribution in [-0.2, 0) is 4.79 Å². The highest BCUT2D eigenvalue weighted by molar-refractivity contribution is 7.99. The first kappa shape index (κ1) is 17.2. The van der Waals surface area contributed by atoms with E-state index in [-0.39, 0.29) is 23.2 Å². The maximum atomic E-state index is 12.0. The fraction of sp³-hybridized carbons (Fsp3) is 0.636. The third-order valence-electron chi connectivity index (χ3n) is 2.47. The number of amides is 1. The second-order valence-corrected chi connectivity index (χ2v) is 5.54. The topological polar surface area (TPSA) is 49.0 Å². The molecule has 0 spiro atoms. The lowest BCUT2D eigenvalue weighted by molar-refractivity contribution is -0.129. The van der Waals surface area contributed by atoms with Crippen molar-refractivity contribution in [1.82, 2.24) is 10.2 Å². The fourth-order valence-electron chi connectivity index (χ4n) is 1.52. The number of nitrogens with zero attached hydrogens (tertiary/aromatic N) is 2. The molecule has 4 nitrogen and oxygen atoms in total. The molecule has 0 aromatic carbocycles. The van der Waals surface area contributed by atoms with Crippen LogP contribution < -0.4 is 4.90 Å². The minimum absolute atomic E-state index is 0.0324. The lowest BCUT2D eigenvalue weighted by atomic mass is 10.3. The quantitative estimate of drug-likeness (QED) is 0.779. The summed E-state index contributed by atoms with van der Waals surface area (Å²) in [6, 6.07) is 0. The van der Waals surface area contributed by atoms with Gasteiger partial charge in [0.15, 0.2) is 0 Å². The molecule has 114 valence electrons. The fourth-order valence-corrected chi connectivity index (χ4v) is 2.62. The Morgan fingerprint density at radius 3 is 2.70 bits per heavy atom. The van der Waals surface area contributed by atoms with Crippen LogP contribution in [0.3, 0.4) is 0 Å². The van der Waals surface area contributed by atoms with Gasteiger partial charge >= 0.3 is 6.18 Å². The van der Waals surface area contributed by atoms with E-state index >= 15 is 0 Å². The zero-order chi connectivity index (χ0) is 15.2. The van der Waals surface area contributed by atoms with Crippen LogP contribution in [0.15, 0.2) is 6.20 Å². The average Bonchev–Trinajstić information content (AvgIpc) is 2.75. The summed E-state index contributed by atoms with van der Waals surface area (Å²) in [5, 5.41) is 6.52. The lowest BCUT2D eigenvalue weighted by Gasteiger charge is -2.19. The van der Waals surface area contributed by atoms with Gasteiger partial charge in [-0.1, -0.05) is 11.6 Å². The summed E-state index contributed by atoms with van der Waals surface area (Å²) in [4.78, 5) is 13.4. The Morgan fingerprint density at radius 2 is 2.20 bits per heavy atom. The van der Waals surface area contributed by atoms with Crippen molar-refractivity contribution in [3.05, 3.63) is 11.3 Å². The van der Waals surface area contributed by atoms with Gasteiger partial charge in [0.05, 0.1) is 12.6 Å². The first-order chi connectivity index (χ1) is 9.35. The lowest BCUT2D eigenvalue weighted by Crippen LogP contribution is -2.30. The zero-order valence-electron chi connectivity index (χ0n) is 10.8. The minimum Gasteiger partial charge on any atom is -0.309 e. The molecule has 0 bridgehead atoms. The first-order valence-electron chi connectivity index (χ1n) is 5.99. The number of carbonyl (C=O) groups is 1. The van der Waals surface area contributed by atoms with Crippen LogP contribution in [-0.4, -0.2) is 40.3 Å². The second-order valence-electron chi connectivity index (χ2n) is 3.93. The Bertz CT molecular complexity index is 439. The number of halogens is 4. The Labute approximate surface area is 124 Å². The van der Waals surface area contributed by atoms with Crippen molar-refractivity contribution in [3.63, 3.8) is 0 Å². The molecule has 0 aliphatic heterocycles. The molecule has 1 heterocycles. The summed E-state index contributed by atoms with van der Waals surface area (Å²) in [5.41, 5.74) is 0.486. The SMILES string of the molecule is CCN(C(=O)CCSCCC(F)(F)F)c1cn[nH]c1Cl. The van der Waals surface area contributed by atoms with Crippen LogP contribution in [0.25, 0.3) is 0 Å². The number of rotatable bonds is 7. The smallest absolute Gasteiger partial charge is 0.309 e. The highest BCUT2D eigenvalue weighted by atomic mass is 35.5. The van der Waals surface area contributed by atoms with Crippen LogP contribution in [0.1, 0.15) is 19.8 Å². The van der Waals surface area contributed by atoms with E-state index < -0.39 is 12.6 Å². The van der Waals surface area contributed by atoms with E-state index in [0.717, 1.165) is 11.8 Å². The van der Waals surface area contributed by atoms with E-state index in [1.165, 1.54) is 11.1 Å². The second kappa shape index (κ2) is 7.78. The highest BCUT2D eigenvalue weighted by Gasteiger charge is 2.26. The average molecular weight is 330 g/mol. The van der Waals surface area contributed by atoms with Gasteiger partial charge in [-0.25, -0.2) is 0 Å². The molecule has 1 aromatic heterocycles. The molecule has 1 N–H and O–H groups in total.